The van der Waals surface area contributed by atoms with E-state index in [1.807, 2.05) is 6.07 Å². The van der Waals surface area contributed by atoms with E-state index in [0.717, 1.165) is 44.5 Å². The van der Waals surface area contributed by atoms with E-state index in [4.69, 9.17) is 16.3 Å². The van der Waals surface area contributed by atoms with E-state index < -0.39 is 10.0 Å². The largest absolute Gasteiger partial charge is 0.497 e. The Morgan fingerprint density at radius 3 is 2.92 bits per heavy atom. The van der Waals surface area contributed by atoms with Crippen molar-refractivity contribution in [2.75, 3.05) is 32.0 Å². The summed E-state index contributed by atoms with van der Waals surface area (Å²) in [5, 5.41) is -0.321. The Morgan fingerprint density at radius 1 is 1.32 bits per heavy atom. The van der Waals surface area contributed by atoms with Gasteiger partial charge in [-0.25, -0.2) is 8.42 Å². The average molecular weight is 385 g/mol. The standard InChI is InChI=1S/C18H25ClN2O3S/c1-24-15-4-5-16-13(9-15)6-8-20-11-14-3-2-7-21(25(22,23)12-19)17(14)10-18(16)20/h4-5,9,14,17-18H,2-3,6-8,10-12H2,1H3/t14-,17+,18+/m1/s1. The lowest BCUT2D eigenvalue weighted by molar-refractivity contribution is 0.0221. The van der Waals surface area contributed by atoms with Crippen molar-refractivity contribution in [2.45, 2.75) is 37.8 Å². The van der Waals surface area contributed by atoms with E-state index in [1.165, 1.54) is 11.1 Å². The fourth-order valence-corrected chi connectivity index (χ4v) is 6.50. The quantitative estimate of drug-likeness (QED) is 0.751. The summed E-state index contributed by atoms with van der Waals surface area (Å²) in [4.78, 5) is 2.55. The van der Waals surface area contributed by atoms with Gasteiger partial charge in [0, 0.05) is 31.7 Å². The van der Waals surface area contributed by atoms with Crippen LogP contribution in [0.2, 0.25) is 0 Å². The maximum Gasteiger partial charge on any atom is 0.228 e. The van der Waals surface area contributed by atoms with E-state index in [1.54, 1.807) is 11.4 Å². The van der Waals surface area contributed by atoms with Crippen LogP contribution in [0.3, 0.4) is 0 Å². The molecule has 0 bridgehead atoms. The number of nitrogens with zero attached hydrogens (tertiary/aromatic N) is 2. The van der Waals surface area contributed by atoms with Crippen molar-refractivity contribution in [3.63, 3.8) is 0 Å². The normalized spacial score (nSPS) is 30.2. The predicted molar refractivity (Wildman–Crippen MR) is 98.5 cm³/mol. The van der Waals surface area contributed by atoms with E-state index >= 15 is 0 Å². The summed E-state index contributed by atoms with van der Waals surface area (Å²) in [5.41, 5.74) is 2.67. The molecule has 138 valence electrons. The monoisotopic (exact) mass is 384 g/mol. The highest BCUT2D eigenvalue weighted by molar-refractivity contribution is 7.90. The highest BCUT2D eigenvalue weighted by Crippen LogP contribution is 2.44. The molecule has 3 aliphatic rings. The minimum absolute atomic E-state index is 0.0757. The van der Waals surface area contributed by atoms with Gasteiger partial charge in [0.15, 0.2) is 0 Å². The Bertz CT molecular complexity index is 755. The number of rotatable bonds is 3. The predicted octanol–water partition coefficient (Wildman–Crippen LogP) is 2.60. The number of halogens is 1. The maximum atomic E-state index is 12.5. The molecule has 3 atom stereocenters. The second-order valence-corrected chi connectivity index (χ2v) is 9.87. The average Bonchev–Trinajstić information content (AvgIpc) is 2.65. The zero-order valence-corrected chi connectivity index (χ0v) is 16.1. The van der Waals surface area contributed by atoms with Crippen LogP contribution in [0.4, 0.5) is 0 Å². The maximum absolute atomic E-state index is 12.5. The molecular weight excluding hydrogens is 360 g/mol. The number of piperidine rings is 2. The Labute approximate surface area is 154 Å². The summed E-state index contributed by atoms with van der Waals surface area (Å²) in [6.45, 7) is 2.63. The molecule has 0 N–H and O–H groups in total. The molecule has 2 fully saturated rings. The zero-order chi connectivity index (χ0) is 17.6. The molecule has 0 aromatic heterocycles. The molecule has 3 aliphatic heterocycles. The summed E-state index contributed by atoms with van der Waals surface area (Å²) in [6, 6.07) is 6.68. The van der Waals surface area contributed by atoms with E-state index in [2.05, 4.69) is 17.0 Å². The minimum Gasteiger partial charge on any atom is -0.497 e. The number of benzene rings is 1. The molecule has 4 rings (SSSR count). The first-order valence-corrected chi connectivity index (χ1v) is 11.1. The second kappa shape index (κ2) is 6.72. The van der Waals surface area contributed by atoms with Gasteiger partial charge in [-0.2, -0.15) is 4.31 Å². The summed E-state index contributed by atoms with van der Waals surface area (Å²) < 4.78 is 32.0. The van der Waals surface area contributed by atoms with Crippen LogP contribution >= 0.6 is 11.6 Å². The first kappa shape index (κ1) is 17.6. The molecule has 0 saturated carbocycles. The Kier molecular flexibility index (Phi) is 4.73. The van der Waals surface area contributed by atoms with Crippen LogP contribution in [0.15, 0.2) is 18.2 Å². The van der Waals surface area contributed by atoms with Gasteiger partial charge in [0.2, 0.25) is 10.0 Å². The topological polar surface area (TPSA) is 49.9 Å². The van der Waals surface area contributed by atoms with Crippen LogP contribution in [0.5, 0.6) is 5.75 Å². The molecule has 25 heavy (non-hydrogen) atoms. The highest BCUT2D eigenvalue weighted by Gasteiger charge is 2.45. The van der Waals surface area contributed by atoms with Gasteiger partial charge in [-0.3, -0.25) is 4.90 Å². The summed E-state index contributed by atoms with van der Waals surface area (Å²) in [6.07, 6.45) is 3.94. The Balaban J connectivity index is 1.65. The third-order valence-corrected chi connectivity index (χ3v) is 8.39. The number of hydrogen-bond donors (Lipinski definition) is 0. The zero-order valence-electron chi connectivity index (χ0n) is 14.5. The fourth-order valence-electron chi connectivity index (χ4n) is 4.93. The SMILES string of the molecule is COc1ccc2c(c1)CCN1C[C@H]3CCCN(S(=O)(=O)CCl)[C@H]3C[C@@H]21. The molecule has 0 spiro atoms. The van der Waals surface area contributed by atoms with Crippen LogP contribution in [-0.2, 0) is 16.4 Å². The number of alkyl halides is 1. The molecule has 7 heteroatoms. The van der Waals surface area contributed by atoms with Crippen molar-refractivity contribution in [1.82, 2.24) is 9.21 Å². The van der Waals surface area contributed by atoms with Gasteiger partial charge in [0.1, 0.15) is 11.0 Å². The van der Waals surface area contributed by atoms with Crippen LogP contribution in [-0.4, -0.2) is 55.6 Å². The molecular formula is C18H25ClN2O3S. The molecule has 0 amide bonds. The van der Waals surface area contributed by atoms with Crippen molar-refractivity contribution >= 4 is 21.6 Å². The summed E-state index contributed by atoms with van der Waals surface area (Å²) >= 11 is 5.76. The molecule has 0 radical (unpaired) electrons. The van der Waals surface area contributed by atoms with Gasteiger partial charge in [-0.15, -0.1) is 11.6 Å². The third-order valence-electron chi connectivity index (χ3n) is 6.11. The van der Waals surface area contributed by atoms with Crippen molar-refractivity contribution in [1.29, 1.82) is 0 Å². The van der Waals surface area contributed by atoms with Crippen molar-refractivity contribution in [3.05, 3.63) is 29.3 Å². The molecule has 1 aromatic carbocycles. The van der Waals surface area contributed by atoms with Crippen LogP contribution in [0, 0.1) is 5.92 Å². The first-order chi connectivity index (χ1) is 12.0. The van der Waals surface area contributed by atoms with E-state index in [-0.39, 0.29) is 11.3 Å². The van der Waals surface area contributed by atoms with Crippen LogP contribution in [0.1, 0.15) is 36.4 Å². The number of sulfonamides is 1. The second-order valence-electron chi connectivity index (χ2n) is 7.36. The molecule has 2 saturated heterocycles. The molecule has 3 heterocycles. The van der Waals surface area contributed by atoms with Gasteiger partial charge < -0.3 is 4.74 Å². The number of ether oxygens (including phenoxy) is 1. The van der Waals surface area contributed by atoms with E-state index in [9.17, 15) is 8.42 Å². The minimum atomic E-state index is -3.36. The lowest BCUT2D eigenvalue weighted by Gasteiger charge is -2.51. The Hall–Kier alpha value is -0.820. The van der Waals surface area contributed by atoms with Crippen LogP contribution in [0.25, 0.3) is 0 Å². The van der Waals surface area contributed by atoms with Crippen molar-refractivity contribution in [3.8, 4) is 5.75 Å². The van der Waals surface area contributed by atoms with E-state index in [0.29, 0.717) is 18.5 Å². The number of hydrogen-bond acceptors (Lipinski definition) is 4. The lowest BCUT2D eigenvalue weighted by atomic mass is 9.77. The molecule has 0 aliphatic carbocycles. The molecule has 5 nitrogen and oxygen atoms in total. The van der Waals surface area contributed by atoms with Crippen molar-refractivity contribution < 1.29 is 13.2 Å². The third kappa shape index (κ3) is 3.07. The van der Waals surface area contributed by atoms with Gasteiger partial charge >= 0.3 is 0 Å². The summed E-state index contributed by atoms with van der Waals surface area (Å²) in [5.74, 6) is 1.31. The van der Waals surface area contributed by atoms with Crippen LogP contribution < -0.4 is 4.74 Å². The summed E-state index contributed by atoms with van der Waals surface area (Å²) in [7, 11) is -1.66. The van der Waals surface area contributed by atoms with Gasteiger partial charge in [-0.1, -0.05) is 6.07 Å². The molecule has 1 aromatic rings. The van der Waals surface area contributed by atoms with Gasteiger partial charge in [0.25, 0.3) is 0 Å². The fraction of sp³-hybridized carbons (Fsp3) is 0.667. The smallest absolute Gasteiger partial charge is 0.228 e. The first-order valence-electron chi connectivity index (χ1n) is 9.00. The van der Waals surface area contributed by atoms with Gasteiger partial charge in [-0.05, 0) is 54.9 Å². The van der Waals surface area contributed by atoms with Crippen molar-refractivity contribution in [2.24, 2.45) is 5.92 Å². The van der Waals surface area contributed by atoms with Gasteiger partial charge in [0.05, 0.1) is 7.11 Å². The number of fused-ring (bicyclic) bond motifs is 4. The number of methoxy groups -OCH3 is 1. The lowest BCUT2D eigenvalue weighted by Crippen LogP contribution is -2.57. The Morgan fingerprint density at radius 2 is 2.16 bits per heavy atom. The molecule has 0 unspecified atom stereocenters. The highest BCUT2D eigenvalue weighted by atomic mass is 35.5.